The van der Waals surface area contributed by atoms with E-state index < -0.39 is 10.0 Å². The number of nitrogens with one attached hydrogen (secondary N) is 1. The third kappa shape index (κ3) is 10.3. The lowest BCUT2D eigenvalue weighted by molar-refractivity contribution is 0.144. The van der Waals surface area contributed by atoms with Crippen LogP contribution in [0.25, 0.3) is 0 Å². The van der Waals surface area contributed by atoms with E-state index in [0.717, 1.165) is 6.42 Å². The molecule has 0 radical (unpaired) electrons. The zero-order valence-corrected chi connectivity index (χ0v) is 17.5. The highest BCUT2D eigenvalue weighted by atomic mass is 32.2. The van der Waals surface area contributed by atoms with Crippen LogP contribution in [0.1, 0.15) is 83.6 Å². The molecule has 1 N–H and O–H groups in total. The summed E-state index contributed by atoms with van der Waals surface area (Å²) in [5.74, 6) is 0. The van der Waals surface area contributed by atoms with E-state index >= 15 is 0 Å². The van der Waals surface area contributed by atoms with Gasteiger partial charge in [0.05, 0.1) is 4.90 Å². The Bertz CT molecular complexity index is 555. The van der Waals surface area contributed by atoms with Crippen LogP contribution in [0.2, 0.25) is 0 Å². The Hall–Kier alpha value is -0.910. The summed E-state index contributed by atoms with van der Waals surface area (Å²) in [7, 11) is -3.47. The molecule has 0 atom stereocenters. The maximum Gasteiger partial charge on any atom is 0.242 e. The van der Waals surface area contributed by atoms with Gasteiger partial charge in [0.15, 0.2) is 0 Å². The number of aryl methyl sites for hydroxylation is 1. The maximum absolute atomic E-state index is 12.1. The first-order valence-electron chi connectivity index (χ1n) is 10.3. The summed E-state index contributed by atoms with van der Waals surface area (Å²) in [6.07, 6.45) is 14.3. The van der Waals surface area contributed by atoms with E-state index in [1.807, 2.05) is 19.1 Å². The predicted molar refractivity (Wildman–Crippen MR) is 109 cm³/mol. The number of rotatable bonds is 16. The number of benzene rings is 1. The van der Waals surface area contributed by atoms with Crippen LogP contribution in [0.15, 0.2) is 29.2 Å². The summed E-state index contributed by atoms with van der Waals surface area (Å²) in [6.45, 7) is 4.59. The van der Waals surface area contributed by atoms with Crippen molar-refractivity contribution in [3.63, 3.8) is 0 Å². The van der Waals surface area contributed by atoms with E-state index in [9.17, 15) is 8.42 Å². The van der Waals surface area contributed by atoms with Crippen molar-refractivity contribution in [1.82, 2.24) is 4.72 Å². The normalized spacial score (nSPS) is 11.8. The second-order valence-electron chi connectivity index (χ2n) is 6.86. The van der Waals surface area contributed by atoms with Gasteiger partial charge in [-0.2, -0.15) is 4.72 Å². The van der Waals surface area contributed by atoms with Crippen LogP contribution in [0.3, 0.4) is 0 Å². The van der Waals surface area contributed by atoms with Gasteiger partial charge in [-0.05, 0) is 37.5 Å². The quantitative estimate of drug-likeness (QED) is 0.306. The fourth-order valence-electron chi connectivity index (χ4n) is 2.96. The van der Waals surface area contributed by atoms with Gasteiger partial charge in [0.1, 0.15) is 6.73 Å². The molecule has 0 aliphatic carbocycles. The van der Waals surface area contributed by atoms with Gasteiger partial charge in [-0.1, -0.05) is 76.8 Å². The summed E-state index contributed by atoms with van der Waals surface area (Å²) >= 11 is 0. The van der Waals surface area contributed by atoms with E-state index in [1.165, 1.54) is 69.8 Å². The van der Waals surface area contributed by atoms with Crippen LogP contribution >= 0.6 is 0 Å². The Morgan fingerprint density at radius 1 is 0.808 bits per heavy atom. The van der Waals surface area contributed by atoms with E-state index in [2.05, 4.69) is 11.6 Å². The predicted octanol–water partition coefficient (Wildman–Crippen LogP) is 5.42. The standard InChI is InChI=1S/C21H37NO3S/c1-3-5-6-7-8-9-10-11-12-13-14-20-15-17-21(18-16-20)26(23,24)22-19-25-4-2/h15-18,22H,3-14,19H2,1-2H3. The van der Waals surface area contributed by atoms with Gasteiger partial charge in [-0.15, -0.1) is 0 Å². The maximum atomic E-state index is 12.1. The first-order chi connectivity index (χ1) is 12.6. The molecular formula is C21H37NO3S. The lowest BCUT2D eigenvalue weighted by Crippen LogP contribution is -2.26. The average Bonchev–Trinajstić information content (AvgIpc) is 2.64. The van der Waals surface area contributed by atoms with Gasteiger partial charge < -0.3 is 4.74 Å². The van der Waals surface area contributed by atoms with Crippen LogP contribution < -0.4 is 4.72 Å². The third-order valence-electron chi connectivity index (χ3n) is 4.61. The Kier molecular flexibility index (Phi) is 12.6. The smallest absolute Gasteiger partial charge is 0.242 e. The molecule has 5 heteroatoms. The summed E-state index contributed by atoms with van der Waals surface area (Å²) in [5, 5.41) is 0. The second-order valence-corrected chi connectivity index (χ2v) is 8.63. The highest BCUT2D eigenvalue weighted by Crippen LogP contribution is 2.14. The first kappa shape index (κ1) is 23.1. The van der Waals surface area contributed by atoms with Crippen LogP contribution in [-0.4, -0.2) is 21.8 Å². The number of sulfonamides is 1. The van der Waals surface area contributed by atoms with Crippen LogP contribution in [0, 0.1) is 0 Å². The van der Waals surface area contributed by atoms with Crippen molar-refractivity contribution in [3.05, 3.63) is 29.8 Å². The minimum Gasteiger partial charge on any atom is -0.366 e. The highest BCUT2D eigenvalue weighted by molar-refractivity contribution is 7.89. The monoisotopic (exact) mass is 383 g/mol. The number of unbranched alkanes of at least 4 members (excludes halogenated alkanes) is 9. The minimum absolute atomic E-state index is 0.0131. The van der Waals surface area contributed by atoms with Gasteiger partial charge in [0.2, 0.25) is 10.0 Å². The van der Waals surface area contributed by atoms with E-state index in [1.54, 1.807) is 12.1 Å². The molecule has 0 heterocycles. The van der Waals surface area contributed by atoms with Crippen molar-refractivity contribution in [3.8, 4) is 0 Å². The number of hydrogen-bond donors (Lipinski definition) is 1. The first-order valence-corrected chi connectivity index (χ1v) is 11.7. The summed E-state index contributed by atoms with van der Waals surface area (Å²) in [4.78, 5) is 0.295. The molecular weight excluding hydrogens is 346 g/mol. The van der Waals surface area contributed by atoms with Crippen molar-refractivity contribution >= 4 is 10.0 Å². The third-order valence-corrected chi connectivity index (χ3v) is 6.00. The molecule has 0 saturated carbocycles. The van der Waals surface area contributed by atoms with E-state index in [4.69, 9.17) is 4.74 Å². The molecule has 1 aromatic carbocycles. The molecule has 0 spiro atoms. The largest absolute Gasteiger partial charge is 0.366 e. The minimum atomic E-state index is -3.47. The zero-order chi connectivity index (χ0) is 19.1. The average molecular weight is 384 g/mol. The highest BCUT2D eigenvalue weighted by Gasteiger charge is 2.12. The molecule has 0 aliphatic rings. The summed E-state index contributed by atoms with van der Waals surface area (Å²) in [5.41, 5.74) is 1.20. The molecule has 0 saturated heterocycles. The van der Waals surface area contributed by atoms with Crippen LogP contribution in [0.5, 0.6) is 0 Å². The zero-order valence-electron chi connectivity index (χ0n) is 16.6. The van der Waals surface area contributed by atoms with E-state index in [-0.39, 0.29) is 6.73 Å². The molecule has 0 amide bonds. The molecule has 0 aromatic heterocycles. The lowest BCUT2D eigenvalue weighted by Gasteiger charge is -2.08. The van der Waals surface area contributed by atoms with Gasteiger partial charge >= 0.3 is 0 Å². The van der Waals surface area contributed by atoms with Crippen molar-refractivity contribution in [2.24, 2.45) is 0 Å². The van der Waals surface area contributed by atoms with Crippen molar-refractivity contribution in [2.75, 3.05) is 13.3 Å². The molecule has 0 fully saturated rings. The molecule has 1 aromatic rings. The van der Waals surface area contributed by atoms with Gasteiger partial charge in [-0.3, -0.25) is 0 Å². The van der Waals surface area contributed by atoms with Gasteiger partial charge in [-0.25, -0.2) is 8.42 Å². The van der Waals surface area contributed by atoms with Crippen molar-refractivity contribution in [2.45, 2.75) is 89.4 Å². The molecule has 0 unspecified atom stereocenters. The van der Waals surface area contributed by atoms with Crippen LogP contribution in [-0.2, 0) is 21.2 Å². The Labute approximate surface area is 160 Å². The fraction of sp³-hybridized carbons (Fsp3) is 0.714. The van der Waals surface area contributed by atoms with Crippen LogP contribution in [0.4, 0.5) is 0 Å². The lowest BCUT2D eigenvalue weighted by atomic mass is 10.0. The molecule has 26 heavy (non-hydrogen) atoms. The molecule has 1 rings (SSSR count). The molecule has 0 bridgehead atoms. The molecule has 4 nitrogen and oxygen atoms in total. The Balaban J connectivity index is 2.17. The SMILES string of the molecule is CCCCCCCCCCCCc1ccc(S(=O)(=O)NCOCC)cc1. The summed E-state index contributed by atoms with van der Waals surface area (Å²) in [6, 6.07) is 7.20. The summed E-state index contributed by atoms with van der Waals surface area (Å²) < 4.78 is 31.6. The Morgan fingerprint density at radius 2 is 1.35 bits per heavy atom. The Morgan fingerprint density at radius 3 is 1.88 bits per heavy atom. The molecule has 150 valence electrons. The van der Waals surface area contributed by atoms with Crippen molar-refractivity contribution in [1.29, 1.82) is 0 Å². The second kappa shape index (κ2) is 14.2. The van der Waals surface area contributed by atoms with E-state index in [0.29, 0.717) is 11.5 Å². The molecule has 0 aliphatic heterocycles. The number of ether oxygens (including phenoxy) is 1. The van der Waals surface area contributed by atoms with Gasteiger partial charge in [0.25, 0.3) is 0 Å². The number of hydrogen-bond acceptors (Lipinski definition) is 3. The fourth-order valence-corrected chi connectivity index (χ4v) is 3.86. The van der Waals surface area contributed by atoms with Crippen molar-refractivity contribution < 1.29 is 13.2 Å². The van der Waals surface area contributed by atoms with Gasteiger partial charge in [0, 0.05) is 6.61 Å². The topological polar surface area (TPSA) is 55.4 Å².